The van der Waals surface area contributed by atoms with Gasteiger partial charge in [-0.25, -0.2) is 0 Å². The predicted octanol–water partition coefficient (Wildman–Crippen LogP) is 3.44. The zero-order valence-corrected chi connectivity index (χ0v) is 17.4. The Bertz CT molecular complexity index is 1250. The maximum Gasteiger partial charge on any atom is 0.406 e. The number of hydrogen-bond donors (Lipinski definition) is 1. The Morgan fingerprint density at radius 3 is 2.12 bits per heavy atom. The van der Waals surface area contributed by atoms with Crippen molar-refractivity contribution in [2.24, 2.45) is 0 Å². The Labute approximate surface area is 186 Å². The van der Waals surface area contributed by atoms with Crippen molar-refractivity contribution in [2.45, 2.75) is 31.0 Å². The molecular formula is C24H20F3N3O3. The van der Waals surface area contributed by atoms with Crippen LogP contribution in [0.25, 0.3) is 0 Å². The van der Waals surface area contributed by atoms with Crippen LogP contribution in [0.2, 0.25) is 0 Å². The van der Waals surface area contributed by atoms with E-state index < -0.39 is 47.5 Å². The molecule has 0 saturated heterocycles. The molecule has 0 bridgehead atoms. The monoisotopic (exact) mass is 455 g/mol. The molecule has 3 aromatic rings. The molecule has 0 radical (unpaired) electrons. The standard InChI is InChI=1S/C24H20F3N3O3/c25-24(26,27)13-29-12-18(30-21(23(29)33)22(32)19(31)11-28-30)20-16-7-3-1-5-14(16)9-10-15-6-2-4-8-17(15)20/h1-8,11,18,20,32H,9-10,12-13H2/t18-/m0/s1. The number of rotatable bonds is 2. The largest absolute Gasteiger partial charge is 0.502 e. The summed E-state index contributed by atoms with van der Waals surface area (Å²) in [5, 5.41) is 14.5. The summed E-state index contributed by atoms with van der Waals surface area (Å²) in [7, 11) is 0. The molecule has 170 valence electrons. The molecule has 9 heteroatoms. The molecule has 0 spiro atoms. The van der Waals surface area contributed by atoms with E-state index in [1.807, 2.05) is 48.5 Å². The van der Waals surface area contributed by atoms with Crippen molar-refractivity contribution in [3.05, 3.63) is 92.9 Å². The first-order valence-electron chi connectivity index (χ1n) is 10.6. The lowest BCUT2D eigenvalue weighted by molar-refractivity contribution is -0.142. The third-order valence-corrected chi connectivity index (χ3v) is 6.40. The van der Waals surface area contributed by atoms with Crippen LogP contribution in [0.5, 0.6) is 5.75 Å². The van der Waals surface area contributed by atoms with E-state index in [1.54, 1.807) is 0 Å². The average Bonchev–Trinajstić information content (AvgIpc) is 2.94. The van der Waals surface area contributed by atoms with Crippen LogP contribution in [0.4, 0.5) is 13.2 Å². The van der Waals surface area contributed by atoms with E-state index in [0.717, 1.165) is 41.3 Å². The molecule has 0 fully saturated rings. The lowest BCUT2D eigenvalue weighted by atomic mass is 9.81. The van der Waals surface area contributed by atoms with Gasteiger partial charge in [-0.3, -0.25) is 14.3 Å². The zero-order chi connectivity index (χ0) is 23.3. The Kier molecular flexibility index (Phi) is 4.99. The molecule has 2 aliphatic rings. The van der Waals surface area contributed by atoms with Gasteiger partial charge in [0, 0.05) is 12.5 Å². The summed E-state index contributed by atoms with van der Waals surface area (Å²) in [5.41, 5.74) is 2.56. The van der Waals surface area contributed by atoms with Gasteiger partial charge in [0.25, 0.3) is 5.91 Å². The lowest BCUT2D eigenvalue weighted by Gasteiger charge is -2.39. The van der Waals surface area contributed by atoms with E-state index in [9.17, 15) is 27.9 Å². The van der Waals surface area contributed by atoms with Crippen LogP contribution >= 0.6 is 0 Å². The van der Waals surface area contributed by atoms with Crippen molar-refractivity contribution in [1.29, 1.82) is 0 Å². The van der Waals surface area contributed by atoms with Crippen molar-refractivity contribution >= 4 is 5.91 Å². The summed E-state index contributed by atoms with van der Waals surface area (Å²) in [6.07, 6.45) is -2.22. The second kappa shape index (κ2) is 7.75. The molecule has 1 atom stereocenters. The summed E-state index contributed by atoms with van der Waals surface area (Å²) in [6.45, 7) is -1.76. The average molecular weight is 455 g/mol. The Morgan fingerprint density at radius 2 is 1.55 bits per heavy atom. The Balaban J connectivity index is 1.75. The van der Waals surface area contributed by atoms with Gasteiger partial charge in [0.05, 0.1) is 12.2 Å². The van der Waals surface area contributed by atoms with Gasteiger partial charge >= 0.3 is 6.18 Å². The summed E-state index contributed by atoms with van der Waals surface area (Å²) < 4.78 is 41.3. The minimum atomic E-state index is -4.64. The fraction of sp³-hybridized carbons (Fsp3) is 0.292. The number of carbonyl (C=O) groups excluding carboxylic acids is 1. The molecule has 1 aliphatic carbocycles. The molecule has 1 aliphatic heterocycles. The number of halogens is 3. The number of aryl methyl sites for hydroxylation is 2. The van der Waals surface area contributed by atoms with Gasteiger partial charge in [0.2, 0.25) is 5.43 Å². The van der Waals surface area contributed by atoms with Gasteiger partial charge in [-0.15, -0.1) is 0 Å². The van der Waals surface area contributed by atoms with Crippen LogP contribution in [-0.2, 0) is 12.8 Å². The summed E-state index contributed by atoms with van der Waals surface area (Å²) in [4.78, 5) is 25.6. The number of aromatic nitrogens is 2. The third-order valence-electron chi connectivity index (χ3n) is 6.40. The molecule has 1 aromatic heterocycles. The number of carbonyl (C=O) groups is 1. The number of nitrogens with zero attached hydrogens (tertiary/aromatic N) is 3. The van der Waals surface area contributed by atoms with Crippen LogP contribution in [0.15, 0.2) is 59.5 Å². The van der Waals surface area contributed by atoms with Gasteiger partial charge in [-0.05, 0) is 35.1 Å². The normalized spacial score (nSPS) is 18.3. The molecule has 1 N–H and O–H groups in total. The van der Waals surface area contributed by atoms with Gasteiger partial charge in [0.15, 0.2) is 11.4 Å². The first-order chi connectivity index (χ1) is 15.7. The van der Waals surface area contributed by atoms with E-state index in [-0.39, 0.29) is 6.54 Å². The highest BCUT2D eigenvalue weighted by atomic mass is 19.4. The van der Waals surface area contributed by atoms with Crippen molar-refractivity contribution in [1.82, 2.24) is 14.7 Å². The zero-order valence-electron chi connectivity index (χ0n) is 17.4. The van der Waals surface area contributed by atoms with E-state index in [4.69, 9.17) is 0 Å². The van der Waals surface area contributed by atoms with Crippen molar-refractivity contribution in [3.8, 4) is 5.75 Å². The predicted molar refractivity (Wildman–Crippen MR) is 113 cm³/mol. The molecule has 2 heterocycles. The van der Waals surface area contributed by atoms with Crippen LogP contribution < -0.4 is 5.43 Å². The minimum Gasteiger partial charge on any atom is -0.502 e. The number of aromatic hydroxyl groups is 1. The van der Waals surface area contributed by atoms with Crippen molar-refractivity contribution < 1.29 is 23.1 Å². The fourth-order valence-corrected chi connectivity index (χ4v) is 5.03. The molecule has 2 aromatic carbocycles. The highest BCUT2D eigenvalue weighted by Crippen LogP contribution is 2.44. The lowest BCUT2D eigenvalue weighted by Crippen LogP contribution is -2.50. The molecule has 1 amide bonds. The maximum absolute atomic E-state index is 13.3. The molecule has 0 saturated carbocycles. The van der Waals surface area contributed by atoms with Gasteiger partial charge in [-0.1, -0.05) is 48.5 Å². The smallest absolute Gasteiger partial charge is 0.406 e. The van der Waals surface area contributed by atoms with E-state index in [1.165, 1.54) is 4.68 Å². The van der Waals surface area contributed by atoms with Gasteiger partial charge in [-0.2, -0.15) is 18.3 Å². The van der Waals surface area contributed by atoms with Crippen molar-refractivity contribution in [3.63, 3.8) is 0 Å². The van der Waals surface area contributed by atoms with Gasteiger partial charge < -0.3 is 10.0 Å². The Hall–Kier alpha value is -3.62. The first kappa shape index (κ1) is 21.2. The van der Waals surface area contributed by atoms with Crippen molar-refractivity contribution in [2.75, 3.05) is 13.1 Å². The Morgan fingerprint density at radius 1 is 0.970 bits per heavy atom. The number of amides is 1. The summed E-state index contributed by atoms with van der Waals surface area (Å²) in [6, 6.07) is 14.7. The molecular weight excluding hydrogens is 435 g/mol. The second-order valence-corrected chi connectivity index (χ2v) is 8.39. The topological polar surface area (TPSA) is 75.4 Å². The molecule has 6 nitrogen and oxygen atoms in total. The quantitative estimate of drug-likeness (QED) is 0.643. The molecule has 5 rings (SSSR count). The SMILES string of the molecule is O=C1c2c(O)c(=O)cnn2[C@H](C2c3ccccc3CCc3ccccc32)CN1CC(F)(F)F. The number of hydrogen-bond acceptors (Lipinski definition) is 4. The third kappa shape index (κ3) is 3.67. The second-order valence-electron chi connectivity index (χ2n) is 8.39. The van der Waals surface area contributed by atoms with E-state index >= 15 is 0 Å². The first-order valence-corrected chi connectivity index (χ1v) is 10.6. The number of benzene rings is 2. The maximum atomic E-state index is 13.3. The van der Waals surface area contributed by atoms with Crippen LogP contribution in [0.3, 0.4) is 0 Å². The summed E-state index contributed by atoms with van der Waals surface area (Å²) >= 11 is 0. The number of alkyl halides is 3. The highest BCUT2D eigenvalue weighted by molar-refractivity contribution is 5.95. The van der Waals surface area contributed by atoms with Gasteiger partial charge in [0.1, 0.15) is 6.54 Å². The van der Waals surface area contributed by atoms with Crippen LogP contribution in [0, 0.1) is 0 Å². The van der Waals surface area contributed by atoms with Crippen LogP contribution in [0.1, 0.15) is 44.7 Å². The van der Waals surface area contributed by atoms with E-state index in [0.29, 0.717) is 4.90 Å². The van der Waals surface area contributed by atoms with Crippen LogP contribution in [-0.4, -0.2) is 45.0 Å². The molecule has 0 unspecified atom stereocenters. The summed E-state index contributed by atoms with van der Waals surface area (Å²) in [5.74, 6) is -2.39. The molecule has 33 heavy (non-hydrogen) atoms. The minimum absolute atomic E-state index is 0.270. The van der Waals surface area contributed by atoms with E-state index in [2.05, 4.69) is 5.10 Å². The number of fused-ring (bicyclic) bond motifs is 3. The highest BCUT2D eigenvalue weighted by Gasteiger charge is 2.44. The fourth-order valence-electron chi connectivity index (χ4n) is 5.03.